The van der Waals surface area contributed by atoms with Crippen molar-refractivity contribution in [2.45, 2.75) is 60.5 Å². The Labute approximate surface area is 128 Å². The van der Waals surface area contributed by atoms with Gasteiger partial charge in [0.05, 0.1) is 6.61 Å². The van der Waals surface area contributed by atoms with E-state index in [1.165, 1.54) is 0 Å². The van der Waals surface area contributed by atoms with Crippen LogP contribution in [0.3, 0.4) is 0 Å². The van der Waals surface area contributed by atoms with Crippen LogP contribution >= 0.6 is 0 Å². The molecule has 0 amide bonds. The van der Waals surface area contributed by atoms with Gasteiger partial charge in [-0.15, -0.1) is 5.73 Å². The van der Waals surface area contributed by atoms with Crippen molar-refractivity contribution < 1.29 is 19.1 Å². The summed E-state index contributed by atoms with van der Waals surface area (Å²) in [6, 6.07) is 0. The van der Waals surface area contributed by atoms with Gasteiger partial charge in [-0.05, 0) is 37.8 Å². The number of carbonyl (C=O) groups is 2. The molecule has 0 saturated carbocycles. The molecule has 0 spiro atoms. The first-order valence-corrected chi connectivity index (χ1v) is 7.56. The fraction of sp³-hybridized carbons (Fsp3) is 0.706. The minimum Gasteiger partial charge on any atom is -0.463 e. The molecule has 0 aliphatic rings. The smallest absolute Gasteiger partial charge is 0.347 e. The van der Waals surface area contributed by atoms with E-state index in [1.807, 2.05) is 26.8 Å². The molecule has 0 rings (SSSR count). The van der Waals surface area contributed by atoms with Crippen LogP contribution in [-0.4, -0.2) is 24.6 Å². The molecule has 0 aliphatic carbocycles. The lowest BCUT2D eigenvalue weighted by Crippen LogP contribution is -2.33. The number of allylic oxidation sites excluding steroid dienone is 1. The third kappa shape index (κ3) is 9.09. The molecule has 0 N–H and O–H groups in total. The molecule has 0 bridgehead atoms. The number of carbonyl (C=O) groups excluding carboxylic acids is 2. The first kappa shape index (κ1) is 19.5. The molecule has 0 aromatic rings. The highest BCUT2D eigenvalue weighted by Crippen LogP contribution is 2.12. The second kappa shape index (κ2) is 10.2. The quantitative estimate of drug-likeness (QED) is 0.507. The van der Waals surface area contributed by atoms with Gasteiger partial charge in [0.25, 0.3) is 0 Å². The van der Waals surface area contributed by atoms with E-state index in [0.717, 1.165) is 5.57 Å². The zero-order chi connectivity index (χ0) is 16.4. The first-order valence-electron chi connectivity index (χ1n) is 7.56. The molecular weight excluding hydrogens is 268 g/mol. The minimum absolute atomic E-state index is 0.106. The lowest BCUT2D eigenvalue weighted by molar-refractivity contribution is -0.170. The van der Waals surface area contributed by atoms with Crippen LogP contribution in [0.1, 0.15) is 54.4 Å². The van der Waals surface area contributed by atoms with Gasteiger partial charge in [0.2, 0.25) is 6.10 Å². The molecule has 0 aromatic heterocycles. The van der Waals surface area contributed by atoms with Gasteiger partial charge < -0.3 is 9.47 Å². The van der Waals surface area contributed by atoms with E-state index in [4.69, 9.17) is 9.47 Å². The van der Waals surface area contributed by atoms with Gasteiger partial charge in [0, 0.05) is 12.3 Å². The number of hydrogen-bond acceptors (Lipinski definition) is 4. The predicted molar refractivity (Wildman–Crippen MR) is 82.7 cm³/mol. The monoisotopic (exact) mass is 296 g/mol. The van der Waals surface area contributed by atoms with Crippen molar-refractivity contribution in [2.75, 3.05) is 6.61 Å². The fourth-order valence-electron chi connectivity index (χ4n) is 1.55. The highest BCUT2D eigenvalue weighted by Gasteiger charge is 2.27. The first-order chi connectivity index (χ1) is 9.77. The molecule has 0 saturated heterocycles. The van der Waals surface area contributed by atoms with Crippen LogP contribution in [0.5, 0.6) is 0 Å². The number of hydrogen-bond donors (Lipinski definition) is 0. The topological polar surface area (TPSA) is 52.6 Å². The Morgan fingerprint density at radius 3 is 2.24 bits per heavy atom. The summed E-state index contributed by atoms with van der Waals surface area (Å²) < 4.78 is 10.2. The molecule has 4 heteroatoms. The van der Waals surface area contributed by atoms with Crippen LogP contribution in [0.2, 0.25) is 0 Å². The van der Waals surface area contributed by atoms with Crippen LogP contribution in [-0.2, 0) is 19.1 Å². The summed E-state index contributed by atoms with van der Waals surface area (Å²) in [5.41, 5.74) is 4.15. The Balaban J connectivity index is 4.46. The lowest BCUT2D eigenvalue weighted by atomic mass is 10.1. The van der Waals surface area contributed by atoms with Crippen molar-refractivity contribution in [3.63, 3.8) is 0 Å². The maximum Gasteiger partial charge on any atom is 0.347 e. The number of ether oxygens (including phenoxy) is 2. The summed E-state index contributed by atoms with van der Waals surface area (Å²) in [5.74, 6) is -0.535. The fourth-order valence-corrected chi connectivity index (χ4v) is 1.55. The largest absolute Gasteiger partial charge is 0.463 e. The molecule has 120 valence electrons. The van der Waals surface area contributed by atoms with E-state index in [9.17, 15) is 9.59 Å². The van der Waals surface area contributed by atoms with Crippen LogP contribution in [0.4, 0.5) is 0 Å². The van der Waals surface area contributed by atoms with E-state index in [2.05, 4.69) is 19.6 Å². The maximum absolute atomic E-state index is 11.8. The van der Waals surface area contributed by atoms with E-state index < -0.39 is 12.1 Å². The highest BCUT2D eigenvalue weighted by atomic mass is 16.6. The van der Waals surface area contributed by atoms with Gasteiger partial charge in [-0.25, -0.2) is 4.79 Å². The second-order valence-electron chi connectivity index (χ2n) is 5.74. The van der Waals surface area contributed by atoms with Gasteiger partial charge in [0.1, 0.15) is 0 Å². The SMILES string of the molecule is CCOC(=O)C(OC(=O)CCC(C)=C=CC(C)C)C(C)C. The standard InChI is InChI=1S/C17H28O4/c1-7-20-17(19)16(13(4)5)21-15(18)11-10-14(6)9-8-12(2)3/h8,12-13,16H,7,10-11H2,1-6H3. The molecule has 0 heterocycles. The van der Waals surface area contributed by atoms with Crippen LogP contribution in [0, 0.1) is 11.8 Å². The summed E-state index contributed by atoms with van der Waals surface area (Å²) in [5, 5.41) is 0. The van der Waals surface area contributed by atoms with Crippen molar-refractivity contribution in [3.05, 3.63) is 17.4 Å². The average molecular weight is 296 g/mol. The predicted octanol–water partition coefficient (Wildman–Crippen LogP) is 3.65. The second-order valence-corrected chi connectivity index (χ2v) is 5.74. The Bertz CT molecular complexity index is 401. The maximum atomic E-state index is 11.8. The van der Waals surface area contributed by atoms with Crippen LogP contribution in [0.15, 0.2) is 17.4 Å². The lowest BCUT2D eigenvalue weighted by Gasteiger charge is -2.19. The third-order valence-electron chi connectivity index (χ3n) is 2.75. The number of esters is 2. The Kier molecular flexibility index (Phi) is 9.48. The summed E-state index contributed by atoms with van der Waals surface area (Å²) in [6.07, 6.45) is 1.96. The Morgan fingerprint density at radius 1 is 1.14 bits per heavy atom. The van der Waals surface area contributed by atoms with Crippen LogP contribution in [0.25, 0.3) is 0 Å². The third-order valence-corrected chi connectivity index (χ3v) is 2.75. The highest BCUT2D eigenvalue weighted by molar-refractivity contribution is 5.79. The zero-order valence-electron chi connectivity index (χ0n) is 14.1. The van der Waals surface area contributed by atoms with Crippen molar-refractivity contribution in [3.8, 4) is 0 Å². The minimum atomic E-state index is -0.826. The van der Waals surface area contributed by atoms with Crippen molar-refractivity contribution in [2.24, 2.45) is 11.8 Å². The molecule has 0 fully saturated rings. The molecular formula is C17H28O4. The summed E-state index contributed by atoms with van der Waals surface area (Å²) >= 11 is 0. The van der Waals surface area contributed by atoms with Crippen molar-refractivity contribution in [1.82, 2.24) is 0 Å². The van der Waals surface area contributed by atoms with Gasteiger partial charge in [-0.2, -0.15) is 0 Å². The molecule has 1 unspecified atom stereocenters. The molecule has 0 radical (unpaired) electrons. The molecule has 0 aromatic carbocycles. The molecule has 1 atom stereocenters. The van der Waals surface area contributed by atoms with Gasteiger partial charge in [-0.1, -0.05) is 27.7 Å². The van der Waals surface area contributed by atoms with E-state index in [-0.39, 0.29) is 24.9 Å². The molecule has 0 aliphatic heterocycles. The Morgan fingerprint density at radius 2 is 1.76 bits per heavy atom. The van der Waals surface area contributed by atoms with Crippen LogP contribution < -0.4 is 0 Å². The summed E-state index contributed by atoms with van der Waals surface area (Å²) in [6.45, 7) is 11.7. The van der Waals surface area contributed by atoms with Crippen molar-refractivity contribution in [1.29, 1.82) is 0 Å². The average Bonchev–Trinajstić information content (AvgIpc) is 2.39. The van der Waals surface area contributed by atoms with Gasteiger partial charge in [0.15, 0.2) is 0 Å². The normalized spacial score (nSPS) is 11.8. The van der Waals surface area contributed by atoms with E-state index in [0.29, 0.717) is 12.3 Å². The van der Waals surface area contributed by atoms with E-state index >= 15 is 0 Å². The van der Waals surface area contributed by atoms with Gasteiger partial charge >= 0.3 is 11.9 Å². The van der Waals surface area contributed by atoms with Gasteiger partial charge in [-0.3, -0.25) is 4.79 Å². The zero-order valence-corrected chi connectivity index (χ0v) is 14.1. The Hall–Kier alpha value is -1.54. The molecule has 21 heavy (non-hydrogen) atoms. The number of rotatable bonds is 8. The van der Waals surface area contributed by atoms with E-state index in [1.54, 1.807) is 6.92 Å². The molecule has 4 nitrogen and oxygen atoms in total. The summed E-state index contributed by atoms with van der Waals surface area (Å²) in [4.78, 5) is 23.5. The summed E-state index contributed by atoms with van der Waals surface area (Å²) in [7, 11) is 0. The van der Waals surface area contributed by atoms with Crippen molar-refractivity contribution >= 4 is 11.9 Å².